The minimum atomic E-state index is -4.80. The molecule has 2 rings (SSSR count). The van der Waals surface area contributed by atoms with E-state index in [0.29, 0.717) is 6.07 Å². The van der Waals surface area contributed by atoms with Crippen LogP contribution in [0.15, 0.2) is 16.6 Å². The normalized spacial score (nSPS) is 18.9. The summed E-state index contributed by atoms with van der Waals surface area (Å²) in [4.78, 5) is 0. The van der Waals surface area contributed by atoms with Crippen molar-refractivity contribution in [3.63, 3.8) is 0 Å². The molecule has 94 valence electrons. The minimum absolute atomic E-state index is 0.0570. The Balaban J connectivity index is 2.58. The van der Waals surface area contributed by atoms with Crippen LogP contribution in [-0.4, -0.2) is 18.3 Å². The largest absolute Gasteiger partial charge is 0.419 e. The van der Waals surface area contributed by atoms with E-state index in [0.717, 1.165) is 6.07 Å². The van der Waals surface area contributed by atoms with Crippen molar-refractivity contribution >= 4 is 15.9 Å². The van der Waals surface area contributed by atoms with Crippen LogP contribution in [0.1, 0.15) is 11.1 Å². The number of ether oxygens (including phenoxy) is 1. The molecule has 7 heteroatoms. The third-order valence-electron chi connectivity index (χ3n) is 2.53. The molecule has 17 heavy (non-hydrogen) atoms. The first-order chi connectivity index (χ1) is 7.74. The highest BCUT2D eigenvalue weighted by Crippen LogP contribution is 2.39. The molecule has 1 aromatic carbocycles. The Morgan fingerprint density at radius 3 is 2.29 bits per heavy atom. The zero-order chi connectivity index (χ0) is 12.8. The molecular weight excluding hydrogens is 308 g/mol. The van der Waals surface area contributed by atoms with Gasteiger partial charge >= 0.3 is 6.18 Å². The van der Waals surface area contributed by atoms with Crippen LogP contribution < -0.4 is 0 Å². The Morgan fingerprint density at radius 2 is 1.88 bits per heavy atom. The molecule has 1 aliphatic heterocycles. The molecular formula is C10H7BrF4O2. The molecule has 0 aliphatic carbocycles. The number of aliphatic hydroxyl groups is 1. The zero-order valence-corrected chi connectivity index (χ0v) is 9.90. The summed E-state index contributed by atoms with van der Waals surface area (Å²) in [6.45, 7) is -0.421. The lowest BCUT2D eigenvalue weighted by atomic mass is 9.90. The third kappa shape index (κ3) is 2.19. The summed E-state index contributed by atoms with van der Waals surface area (Å²) in [5.41, 5.74) is -3.47. The standard InChI is InChI=1S/C10H7BrF4O2/c11-5-1-6(9(16)3-17-4-9)8(12)7(2-5)10(13,14)15/h1-2,16H,3-4H2. The summed E-state index contributed by atoms with van der Waals surface area (Å²) in [7, 11) is 0. The van der Waals surface area contributed by atoms with Crippen molar-refractivity contribution in [2.24, 2.45) is 0 Å². The fraction of sp³-hybridized carbons (Fsp3) is 0.400. The van der Waals surface area contributed by atoms with E-state index in [2.05, 4.69) is 15.9 Å². The smallest absolute Gasteiger partial charge is 0.380 e. The first-order valence-corrected chi connectivity index (χ1v) is 5.40. The third-order valence-corrected chi connectivity index (χ3v) is 2.98. The number of hydrogen-bond acceptors (Lipinski definition) is 2. The quantitative estimate of drug-likeness (QED) is 0.808. The number of rotatable bonds is 1. The molecule has 2 nitrogen and oxygen atoms in total. The highest BCUT2D eigenvalue weighted by molar-refractivity contribution is 9.10. The Morgan fingerprint density at radius 1 is 1.29 bits per heavy atom. The van der Waals surface area contributed by atoms with Crippen molar-refractivity contribution in [1.29, 1.82) is 0 Å². The van der Waals surface area contributed by atoms with Crippen molar-refractivity contribution in [2.45, 2.75) is 11.8 Å². The highest BCUT2D eigenvalue weighted by Gasteiger charge is 2.44. The number of halogens is 5. The Kier molecular flexibility index (Phi) is 2.95. The van der Waals surface area contributed by atoms with E-state index >= 15 is 0 Å². The molecule has 1 N–H and O–H groups in total. The average Bonchev–Trinajstić information content (AvgIpc) is 2.16. The fourth-order valence-corrected chi connectivity index (χ4v) is 2.04. The predicted molar refractivity (Wildman–Crippen MR) is 53.8 cm³/mol. The summed E-state index contributed by atoms with van der Waals surface area (Å²) in [5.74, 6) is -1.45. The molecule has 0 bridgehead atoms. The lowest BCUT2D eigenvalue weighted by Gasteiger charge is -2.37. The molecule has 1 heterocycles. The SMILES string of the molecule is OC1(c2cc(Br)cc(C(F)(F)F)c2F)COC1. The van der Waals surface area contributed by atoms with Gasteiger partial charge in [-0.05, 0) is 12.1 Å². The molecule has 0 atom stereocenters. The van der Waals surface area contributed by atoms with Crippen LogP contribution in [0.3, 0.4) is 0 Å². The van der Waals surface area contributed by atoms with Crippen LogP contribution in [0.25, 0.3) is 0 Å². The van der Waals surface area contributed by atoms with Crippen LogP contribution in [-0.2, 0) is 16.5 Å². The molecule has 1 aromatic rings. The summed E-state index contributed by atoms with van der Waals surface area (Å²) in [6.07, 6.45) is -4.80. The summed E-state index contributed by atoms with van der Waals surface area (Å²) in [5, 5.41) is 9.82. The topological polar surface area (TPSA) is 29.5 Å². The minimum Gasteiger partial charge on any atom is -0.380 e. The first kappa shape index (κ1) is 12.8. The van der Waals surface area contributed by atoms with Crippen LogP contribution >= 0.6 is 15.9 Å². The van der Waals surface area contributed by atoms with E-state index in [1.807, 2.05) is 0 Å². The van der Waals surface area contributed by atoms with Crippen molar-refractivity contribution in [1.82, 2.24) is 0 Å². The number of alkyl halides is 3. The molecule has 0 amide bonds. The Labute approximate surface area is 102 Å². The van der Waals surface area contributed by atoms with Crippen LogP contribution in [0.4, 0.5) is 17.6 Å². The van der Waals surface area contributed by atoms with E-state index in [1.54, 1.807) is 0 Å². The van der Waals surface area contributed by atoms with Gasteiger partial charge in [-0.25, -0.2) is 4.39 Å². The van der Waals surface area contributed by atoms with Gasteiger partial charge in [-0.15, -0.1) is 0 Å². The van der Waals surface area contributed by atoms with Gasteiger partial charge in [-0.1, -0.05) is 15.9 Å². The fourth-order valence-electron chi connectivity index (χ4n) is 1.59. The second kappa shape index (κ2) is 3.93. The van der Waals surface area contributed by atoms with Gasteiger partial charge in [-0.3, -0.25) is 0 Å². The molecule has 0 unspecified atom stereocenters. The van der Waals surface area contributed by atoms with Gasteiger partial charge in [0.2, 0.25) is 0 Å². The number of benzene rings is 1. The average molecular weight is 315 g/mol. The Hall–Kier alpha value is -0.660. The zero-order valence-electron chi connectivity index (χ0n) is 8.31. The van der Waals surface area contributed by atoms with Gasteiger partial charge in [0.25, 0.3) is 0 Å². The van der Waals surface area contributed by atoms with Crippen LogP contribution in [0.2, 0.25) is 0 Å². The van der Waals surface area contributed by atoms with Crippen molar-refractivity contribution in [3.05, 3.63) is 33.5 Å². The van der Waals surface area contributed by atoms with Crippen molar-refractivity contribution in [2.75, 3.05) is 13.2 Å². The number of hydrogen-bond donors (Lipinski definition) is 1. The van der Waals surface area contributed by atoms with Gasteiger partial charge in [0.05, 0.1) is 18.8 Å². The van der Waals surface area contributed by atoms with Gasteiger partial charge in [0.1, 0.15) is 11.4 Å². The summed E-state index contributed by atoms with van der Waals surface area (Å²) >= 11 is 2.87. The summed E-state index contributed by atoms with van der Waals surface area (Å²) in [6, 6.07) is 1.77. The maximum atomic E-state index is 13.7. The molecule has 0 aromatic heterocycles. The van der Waals surface area contributed by atoms with E-state index in [4.69, 9.17) is 4.74 Å². The maximum Gasteiger partial charge on any atom is 0.419 e. The van der Waals surface area contributed by atoms with E-state index in [9.17, 15) is 22.7 Å². The molecule has 1 saturated heterocycles. The summed E-state index contributed by atoms with van der Waals surface area (Å²) < 4.78 is 56.1. The maximum absolute atomic E-state index is 13.7. The second-order valence-electron chi connectivity index (χ2n) is 3.84. The molecule has 0 saturated carbocycles. The Bertz CT molecular complexity index is 454. The lowest BCUT2D eigenvalue weighted by molar-refractivity contribution is -0.187. The van der Waals surface area contributed by atoms with Crippen LogP contribution in [0.5, 0.6) is 0 Å². The van der Waals surface area contributed by atoms with E-state index in [-0.39, 0.29) is 17.7 Å². The van der Waals surface area contributed by atoms with Crippen molar-refractivity contribution < 1.29 is 27.4 Å². The first-order valence-electron chi connectivity index (χ1n) is 4.61. The molecule has 1 aliphatic rings. The van der Waals surface area contributed by atoms with Crippen molar-refractivity contribution in [3.8, 4) is 0 Å². The monoisotopic (exact) mass is 314 g/mol. The highest BCUT2D eigenvalue weighted by atomic mass is 79.9. The molecule has 0 radical (unpaired) electrons. The van der Waals surface area contributed by atoms with Gasteiger partial charge in [0.15, 0.2) is 0 Å². The molecule has 1 fully saturated rings. The molecule has 0 spiro atoms. The lowest BCUT2D eigenvalue weighted by Crippen LogP contribution is -2.47. The predicted octanol–water partition coefficient (Wildman–Crippen LogP) is 2.82. The second-order valence-corrected chi connectivity index (χ2v) is 4.75. The van der Waals surface area contributed by atoms with Gasteiger partial charge < -0.3 is 9.84 Å². The van der Waals surface area contributed by atoms with Gasteiger partial charge in [-0.2, -0.15) is 13.2 Å². The van der Waals surface area contributed by atoms with E-state index < -0.39 is 28.7 Å². The van der Waals surface area contributed by atoms with Crippen LogP contribution in [0, 0.1) is 5.82 Å². The van der Waals surface area contributed by atoms with Gasteiger partial charge in [0, 0.05) is 10.0 Å². The van der Waals surface area contributed by atoms with E-state index in [1.165, 1.54) is 0 Å².